The minimum atomic E-state index is -6.83. The molecule has 0 saturated heterocycles. The normalized spacial score (nSPS) is 14.0. The summed E-state index contributed by atoms with van der Waals surface area (Å²) in [4.78, 5) is 8.91. The van der Waals surface area contributed by atoms with Crippen LogP contribution < -0.4 is 0 Å². The lowest BCUT2D eigenvalue weighted by molar-refractivity contribution is -0.332. The predicted octanol–water partition coefficient (Wildman–Crippen LogP) is 2.95. The summed E-state index contributed by atoms with van der Waals surface area (Å²) in [5.74, 6) is -8.42. The Morgan fingerprint density at radius 1 is 0.909 bits per heavy atom. The van der Waals surface area contributed by atoms with Crippen LogP contribution in [-0.2, 0) is 9.84 Å². The Hall–Kier alpha value is -1.85. The van der Waals surface area contributed by atoms with Crippen LogP contribution >= 0.6 is 0 Å². The first kappa shape index (κ1) is 18.2. The Morgan fingerprint density at radius 2 is 1.32 bits per heavy atom. The number of carboxylic acid groups (broad SMARTS) is 1. The van der Waals surface area contributed by atoms with Gasteiger partial charge in [-0.25, -0.2) is 13.2 Å². The van der Waals surface area contributed by atoms with E-state index in [1.54, 1.807) is 0 Å². The van der Waals surface area contributed by atoms with E-state index in [2.05, 4.69) is 0 Å². The number of sulfone groups is 1. The van der Waals surface area contributed by atoms with Gasteiger partial charge in [-0.2, -0.15) is 30.7 Å². The van der Waals surface area contributed by atoms with Crippen molar-refractivity contribution < 1.29 is 49.1 Å². The Balaban J connectivity index is 3.42. The molecule has 0 saturated carbocycles. The largest absolute Gasteiger partial charge is 0.478 e. The molecule has 0 fully saturated rings. The summed E-state index contributed by atoms with van der Waals surface area (Å²) in [6.45, 7) is 0. The van der Waals surface area contributed by atoms with Crippen molar-refractivity contribution in [2.24, 2.45) is 0 Å². The van der Waals surface area contributed by atoms with Crippen LogP contribution in [0.3, 0.4) is 0 Å². The van der Waals surface area contributed by atoms with Crippen molar-refractivity contribution in [1.29, 1.82) is 0 Å². The molecule has 0 aliphatic rings. The zero-order chi connectivity index (χ0) is 17.6. The van der Waals surface area contributed by atoms with Crippen LogP contribution in [0.4, 0.5) is 30.7 Å². The van der Waals surface area contributed by atoms with E-state index in [0.717, 1.165) is 0 Å². The van der Waals surface area contributed by atoms with E-state index in [4.69, 9.17) is 5.11 Å². The maximum atomic E-state index is 13.2. The Morgan fingerprint density at radius 3 is 1.64 bits per heavy atom. The SMILES string of the molecule is O=C(O)c1ccc(S(=O)(=O)C(F)(F)C(F)(F)C(F)(F)F)cc1. The smallest absolute Gasteiger partial charge is 0.461 e. The Kier molecular flexibility index (Phi) is 4.22. The van der Waals surface area contributed by atoms with Gasteiger partial charge in [-0.1, -0.05) is 0 Å². The second kappa shape index (κ2) is 5.11. The number of aromatic carboxylic acids is 1. The van der Waals surface area contributed by atoms with Crippen molar-refractivity contribution in [3.8, 4) is 0 Å². The highest BCUT2D eigenvalue weighted by molar-refractivity contribution is 7.92. The number of rotatable bonds is 4. The van der Waals surface area contributed by atoms with Crippen LogP contribution in [0.1, 0.15) is 10.4 Å². The molecule has 1 N–H and O–H groups in total. The van der Waals surface area contributed by atoms with Gasteiger partial charge in [0.05, 0.1) is 10.5 Å². The van der Waals surface area contributed by atoms with Gasteiger partial charge in [0.2, 0.25) is 9.84 Å². The van der Waals surface area contributed by atoms with Gasteiger partial charge < -0.3 is 5.11 Å². The quantitative estimate of drug-likeness (QED) is 0.844. The molecule has 0 aliphatic heterocycles. The van der Waals surface area contributed by atoms with Gasteiger partial charge in [0.15, 0.2) is 0 Å². The van der Waals surface area contributed by atoms with Crippen molar-refractivity contribution in [2.75, 3.05) is 0 Å². The molecule has 0 atom stereocenters. The van der Waals surface area contributed by atoms with Crippen LogP contribution in [0.15, 0.2) is 29.2 Å². The van der Waals surface area contributed by atoms with E-state index in [1.165, 1.54) is 0 Å². The van der Waals surface area contributed by atoms with E-state index in [-0.39, 0.29) is 12.1 Å². The van der Waals surface area contributed by atoms with E-state index in [1.807, 2.05) is 0 Å². The second-order valence-electron chi connectivity index (χ2n) is 3.92. The van der Waals surface area contributed by atoms with Gasteiger partial charge in [0, 0.05) is 0 Å². The van der Waals surface area contributed by atoms with Gasteiger partial charge in [-0.05, 0) is 24.3 Å². The predicted molar refractivity (Wildman–Crippen MR) is 56.5 cm³/mol. The van der Waals surface area contributed by atoms with Gasteiger partial charge in [-0.15, -0.1) is 0 Å². The highest BCUT2D eigenvalue weighted by Gasteiger charge is 2.78. The third-order valence-corrected chi connectivity index (χ3v) is 4.29. The van der Waals surface area contributed by atoms with E-state index < -0.39 is 43.6 Å². The fourth-order valence-corrected chi connectivity index (χ4v) is 2.50. The maximum Gasteiger partial charge on any atom is 0.461 e. The molecule has 0 unspecified atom stereocenters. The monoisotopic (exact) mass is 354 g/mol. The number of benzene rings is 1. The summed E-state index contributed by atoms with van der Waals surface area (Å²) >= 11 is 0. The molecule has 0 spiro atoms. The van der Waals surface area contributed by atoms with Crippen LogP contribution in [0.25, 0.3) is 0 Å². The summed E-state index contributed by atoms with van der Waals surface area (Å²) in [7, 11) is -6.42. The number of hydrogen-bond donors (Lipinski definition) is 1. The van der Waals surface area contributed by atoms with Crippen LogP contribution in [0.5, 0.6) is 0 Å². The number of halogens is 7. The lowest BCUT2D eigenvalue weighted by Crippen LogP contribution is -2.55. The number of carbonyl (C=O) groups is 1. The average Bonchev–Trinajstić information content (AvgIpc) is 2.37. The minimum absolute atomic E-state index is 0.194. The van der Waals surface area contributed by atoms with Gasteiger partial charge in [0.25, 0.3) is 0 Å². The molecule has 1 aromatic carbocycles. The van der Waals surface area contributed by atoms with Crippen molar-refractivity contribution in [2.45, 2.75) is 22.2 Å². The summed E-state index contributed by atoms with van der Waals surface area (Å²) < 4.78 is 111. The molecule has 0 aliphatic carbocycles. The second-order valence-corrected chi connectivity index (χ2v) is 5.91. The topological polar surface area (TPSA) is 71.4 Å². The first-order valence-electron chi connectivity index (χ1n) is 5.06. The molecule has 0 aromatic heterocycles. The summed E-state index contributed by atoms with van der Waals surface area (Å²) in [5.41, 5.74) is -0.579. The molecule has 0 radical (unpaired) electrons. The lowest BCUT2D eigenvalue weighted by atomic mass is 10.2. The Bertz CT molecular complexity index is 676. The third kappa shape index (κ3) is 2.62. The fraction of sp³-hybridized carbons (Fsp3) is 0.300. The number of carboxylic acids is 1. The van der Waals surface area contributed by atoms with E-state index >= 15 is 0 Å². The molecule has 12 heteroatoms. The van der Waals surface area contributed by atoms with Gasteiger partial charge in [-0.3, -0.25) is 0 Å². The van der Waals surface area contributed by atoms with E-state index in [0.29, 0.717) is 12.1 Å². The number of hydrogen-bond acceptors (Lipinski definition) is 3. The zero-order valence-electron chi connectivity index (χ0n) is 10.0. The first-order chi connectivity index (χ1) is 9.66. The molecular weight excluding hydrogens is 349 g/mol. The standard InChI is InChI=1S/C10H5F7O4S/c11-8(12,9(13,14)15)10(16,17)22(20,21)6-3-1-5(2-4-6)7(18)19/h1-4H,(H,18,19). The van der Waals surface area contributed by atoms with Crippen molar-refractivity contribution in [3.05, 3.63) is 29.8 Å². The lowest BCUT2D eigenvalue weighted by Gasteiger charge is -2.27. The summed E-state index contributed by atoms with van der Waals surface area (Å²) in [6.07, 6.45) is -6.80. The highest BCUT2D eigenvalue weighted by atomic mass is 32.2. The van der Waals surface area contributed by atoms with Gasteiger partial charge in [0.1, 0.15) is 0 Å². The molecule has 0 heterocycles. The molecule has 124 valence electrons. The fourth-order valence-electron chi connectivity index (χ4n) is 1.26. The molecule has 4 nitrogen and oxygen atoms in total. The van der Waals surface area contributed by atoms with Crippen LogP contribution in [0, 0.1) is 0 Å². The van der Waals surface area contributed by atoms with Gasteiger partial charge >= 0.3 is 23.3 Å². The molecule has 1 aromatic rings. The number of alkyl halides is 7. The third-order valence-electron chi connectivity index (χ3n) is 2.47. The van der Waals surface area contributed by atoms with Crippen molar-refractivity contribution in [1.82, 2.24) is 0 Å². The van der Waals surface area contributed by atoms with Crippen molar-refractivity contribution in [3.63, 3.8) is 0 Å². The Labute approximate surface area is 118 Å². The summed E-state index contributed by atoms with van der Waals surface area (Å²) in [6, 6.07) is 1.33. The van der Waals surface area contributed by atoms with E-state index in [9.17, 15) is 43.9 Å². The molecule has 0 amide bonds. The zero-order valence-corrected chi connectivity index (χ0v) is 10.9. The summed E-state index contributed by atoms with van der Waals surface area (Å²) in [5, 5.41) is 2.04. The van der Waals surface area contributed by atoms with Crippen LogP contribution in [-0.4, -0.2) is 36.8 Å². The van der Waals surface area contributed by atoms with Crippen molar-refractivity contribution >= 4 is 15.8 Å². The molecule has 0 bridgehead atoms. The minimum Gasteiger partial charge on any atom is -0.478 e. The highest BCUT2D eigenvalue weighted by Crippen LogP contribution is 2.50. The van der Waals surface area contributed by atoms with Crippen LogP contribution in [0.2, 0.25) is 0 Å². The first-order valence-corrected chi connectivity index (χ1v) is 6.55. The maximum absolute atomic E-state index is 13.2. The molecule has 22 heavy (non-hydrogen) atoms. The molecule has 1 rings (SSSR count). The average molecular weight is 354 g/mol. The molecular formula is C10H5F7O4S.